The Morgan fingerprint density at radius 3 is 2.29 bits per heavy atom. The minimum atomic E-state index is -0.286. The van der Waals surface area contributed by atoms with Crippen molar-refractivity contribution >= 4 is 11.7 Å². The molecule has 0 saturated carbocycles. The minimum absolute atomic E-state index is 0.00476. The molecule has 1 aliphatic rings. The number of benzene rings is 2. The Kier molecular flexibility index (Phi) is 4.80. The molecule has 0 aliphatic heterocycles. The van der Waals surface area contributed by atoms with Crippen molar-refractivity contribution in [2.75, 3.05) is 12.4 Å². The first-order valence-corrected chi connectivity index (χ1v) is 8.05. The van der Waals surface area contributed by atoms with Crippen LogP contribution in [0.3, 0.4) is 0 Å². The molecule has 0 saturated heterocycles. The number of methoxy groups -OCH3 is 1. The van der Waals surface area contributed by atoms with Gasteiger partial charge in [-0.1, -0.05) is 54.1 Å². The average Bonchev–Trinajstić information content (AvgIpc) is 2.62. The number of hydrogen-bond donors (Lipinski definition) is 1. The zero-order chi connectivity index (χ0) is 16.9. The maximum Gasteiger partial charge on any atom is 0.336 e. The molecule has 1 N–H and O–H groups in total. The summed E-state index contributed by atoms with van der Waals surface area (Å²) in [6.07, 6.45) is 2.85. The first kappa shape index (κ1) is 16.1. The van der Waals surface area contributed by atoms with Gasteiger partial charge in [0.1, 0.15) is 0 Å². The largest absolute Gasteiger partial charge is 0.466 e. The number of allylic oxidation sites excluding steroid dienone is 2. The van der Waals surface area contributed by atoms with Crippen LogP contribution in [0.5, 0.6) is 0 Å². The Morgan fingerprint density at radius 2 is 1.67 bits per heavy atom. The van der Waals surface area contributed by atoms with E-state index < -0.39 is 0 Å². The van der Waals surface area contributed by atoms with Crippen LogP contribution >= 0.6 is 0 Å². The third kappa shape index (κ3) is 3.40. The lowest BCUT2D eigenvalue weighted by atomic mass is 9.81. The SMILES string of the molecule is COC(=O)C1=C(Nc2ccccc2)C=C(C)CC1c1ccccc1. The fourth-order valence-electron chi connectivity index (χ4n) is 3.11. The van der Waals surface area contributed by atoms with E-state index in [1.165, 1.54) is 12.7 Å². The fourth-order valence-corrected chi connectivity index (χ4v) is 3.11. The lowest BCUT2D eigenvalue weighted by molar-refractivity contribution is -0.136. The van der Waals surface area contributed by atoms with Crippen LogP contribution in [0, 0.1) is 0 Å². The first-order valence-electron chi connectivity index (χ1n) is 8.05. The van der Waals surface area contributed by atoms with Crippen molar-refractivity contribution in [1.29, 1.82) is 0 Å². The van der Waals surface area contributed by atoms with Gasteiger partial charge < -0.3 is 10.1 Å². The van der Waals surface area contributed by atoms with E-state index in [0.29, 0.717) is 5.57 Å². The molecule has 0 heterocycles. The van der Waals surface area contributed by atoms with Crippen molar-refractivity contribution in [3.05, 3.63) is 89.1 Å². The molecule has 1 atom stereocenters. The second-order valence-corrected chi connectivity index (χ2v) is 5.97. The molecule has 0 aromatic heterocycles. The quantitative estimate of drug-likeness (QED) is 0.833. The van der Waals surface area contributed by atoms with Crippen LogP contribution in [0.2, 0.25) is 0 Å². The number of anilines is 1. The maximum absolute atomic E-state index is 12.5. The molecule has 2 aromatic rings. The van der Waals surface area contributed by atoms with Crippen molar-refractivity contribution in [3.63, 3.8) is 0 Å². The minimum Gasteiger partial charge on any atom is -0.466 e. The van der Waals surface area contributed by atoms with Crippen LogP contribution in [0.1, 0.15) is 24.8 Å². The highest BCUT2D eigenvalue weighted by Gasteiger charge is 2.30. The fraction of sp³-hybridized carbons (Fsp3) is 0.190. The van der Waals surface area contributed by atoms with Gasteiger partial charge >= 0.3 is 5.97 Å². The molecule has 0 amide bonds. The number of nitrogens with one attached hydrogen (secondary N) is 1. The predicted molar refractivity (Wildman–Crippen MR) is 96.7 cm³/mol. The topological polar surface area (TPSA) is 38.3 Å². The van der Waals surface area contributed by atoms with Gasteiger partial charge in [0.05, 0.1) is 12.7 Å². The van der Waals surface area contributed by atoms with Crippen molar-refractivity contribution in [1.82, 2.24) is 0 Å². The van der Waals surface area contributed by atoms with E-state index in [-0.39, 0.29) is 11.9 Å². The summed E-state index contributed by atoms with van der Waals surface area (Å²) in [5.41, 5.74) is 4.79. The summed E-state index contributed by atoms with van der Waals surface area (Å²) in [5, 5.41) is 3.38. The lowest BCUT2D eigenvalue weighted by Gasteiger charge is -2.27. The van der Waals surface area contributed by atoms with Crippen LogP contribution in [0.15, 0.2) is 83.6 Å². The smallest absolute Gasteiger partial charge is 0.336 e. The molecular weight excluding hydrogens is 298 g/mol. The molecule has 3 rings (SSSR count). The molecule has 1 unspecified atom stereocenters. The number of ether oxygens (including phenoxy) is 1. The van der Waals surface area contributed by atoms with Gasteiger partial charge in [-0.25, -0.2) is 4.79 Å². The summed E-state index contributed by atoms with van der Waals surface area (Å²) in [7, 11) is 1.43. The van der Waals surface area contributed by atoms with Gasteiger partial charge in [-0.2, -0.15) is 0 Å². The Balaban J connectivity index is 2.07. The van der Waals surface area contributed by atoms with Gasteiger partial charge in [-0.15, -0.1) is 0 Å². The number of esters is 1. The highest BCUT2D eigenvalue weighted by molar-refractivity contribution is 5.93. The van der Waals surface area contributed by atoms with Crippen molar-refractivity contribution in [3.8, 4) is 0 Å². The molecule has 0 fully saturated rings. The van der Waals surface area contributed by atoms with Crippen molar-refractivity contribution in [2.24, 2.45) is 0 Å². The van der Waals surface area contributed by atoms with E-state index in [0.717, 1.165) is 23.4 Å². The molecule has 1 aliphatic carbocycles. The Hall–Kier alpha value is -2.81. The summed E-state index contributed by atoms with van der Waals surface area (Å²) in [4.78, 5) is 12.5. The summed E-state index contributed by atoms with van der Waals surface area (Å²) >= 11 is 0. The second kappa shape index (κ2) is 7.18. The summed E-state index contributed by atoms with van der Waals surface area (Å²) in [6.45, 7) is 2.09. The van der Waals surface area contributed by atoms with Gasteiger partial charge in [-0.05, 0) is 37.1 Å². The van der Waals surface area contributed by atoms with Gasteiger partial charge in [-0.3, -0.25) is 0 Å². The van der Waals surface area contributed by atoms with Crippen LogP contribution < -0.4 is 5.32 Å². The van der Waals surface area contributed by atoms with Crippen LogP contribution in [-0.2, 0) is 9.53 Å². The molecule has 0 spiro atoms. The standard InChI is InChI=1S/C21H21NO2/c1-15-13-18(16-9-5-3-6-10-16)20(21(23)24-2)19(14-15)22-17-11-7-4-8-12-17/h3-12,14,18,22H,13H2,1-2H3. The molecule has 3 nitrogen and oxygen atoms in total. The summed E-state index contributed by atoms with van der Waals surface area (Å²) in [5.74, 6) is -0.291. The predicted octanol–water partition coefficient (Wildman–Crippen LogP) is 4.66. The molecule has 0 bridgehead atoms. The highest BCUT2D eigenvalue weighted by Crippen LogP contribution is 2.38. The zero-order valence-corrected chi connectivity index (χ0v) is 14.0. The number of hydrogen-bond acceptors (Lipinski definition) is 3. The molecule has 0 radical (unpaired) electrons. The maximum atomic E-state index is 12.5. The monoisotopic (exact) mass is 319 g/mol. The van der Waals surface area contributed by atoms with Gasteiger partial charge in [0.25, 0.3) is 0 Å². The van der Waals surface area contributed by atoms with Gasteiger partial charge in [0.15, 0.2) is 0 Å². The molecule has 122 valence electrons. The Bertz CT molecular complexity index is 776. The van der Waals surface area contributed by atoms with Gasteiger partial charge in [0, 0.05) is 17.3 Å². The molecule has 2 aromatic carbocycles. The average molecular weight is 319 g/mol. The normalized spacial score (nSPS) is 17.2. The highest BCUT2D eigenvalue weighted by atomic mass is 16.5. The van der Waals surface area contributed by atoms with Crippen LogP contribution in [0.4, 0.5) is 5.69 Å². The Morgan fingerprint density at radius 1 is 1.04 bits per heavy atom. The third-order valence-electron chi connectivity index (χ3n) is 4.22. The third-order valence-corrected chi connectivity index (χ3v) is 4.22. The molecule has 3 heteroatoms. The number of rotatable bonds is 4. The molecule has 24 heavy (non-hydrogen) atoms. The first-order chi connectivity index (χ1) is 11.7. The van der Waals surface area contributed by atoms with E-state index in [1.54, 1.807) is 0 Å². The van der Waals surface area contributed by atoms with Gasteiger partial charge in [0.2, 0.25) is 0 Å². The van der Waals surface area contributed by atoms with Crippen molar-refractivity contribution in [2.45, 2.75) is 19.3 Å². The summed E-state index contributed by atoms with van der Waals surface area (Å²) in [6, 6.07) is 20.0. The van der Waals surface area contributed by atoms with E-state index in [9.17, 15) is 4.79 Å². The van der Waals surface area contributed by atoms with E-state index in [1.807, 2.05) is 54.6 Å². The van der Waals surface area contributed by atoms with E-state index in [2.05, 4.69) is 24.4 Å². The lowest BCUT2D eigenvalue weighted by Crippen LogP contribution is -2.21. The van der Waals surface area contributed by atoms with E-state index in [4.69, 9.17) is 4.74 Å². The number of carbonyl (C=O) groups is 1. The molecular formula is C21H21NO2. The second-order valence-electron chi connectivity index (χ2n) is 5.97. The van der Waals surface area contributed by atoms with Crippen LogP contribution in [-0.4, -0.2) is 13.1 Å². The zero-order valence-electron chi connectivity index (χ0n) is 14.0. The number of para-hydroxylation sites is 1. The van der Waals surface area contributed by atoms with Crippen LogP contribution in [0.25, 0.3) is 0 Å². The number of carbonyl (C=O) groups excluding carboxylic acids is 1. The van der Waals surface area contributed by atoms with E-state index >= 15 is 0 Å². The Labute approximate surface area is 142 Å². The summed E-state index contributed by atoms with van der Waals surface area (Å²) < 4.78 is 5.08. The van der Waals surface area contributed by atoms with Crippen molar-refractivity contribution < 1.29 is 9.53 Å².